The van der Waals surface area contributed by atoms with Crippen LogP contribution in [0.1, 0.15) is 25.0 Å². The first kappa shape index (κ1) is 16.0. The molecule has 0 heterocycles. The van der Waals surface area contributed by atoms with Crippen molar-refractivity contribution in [3.63, 3.8) is 0 Å². The molecule has 1 aromatic rings. The monoisotopic (exact) mass is 287 g/mol. The first-order valence-corrected chi connectivity index (χ1v) is 5.83. The Morgan fingerprint density at radius 1 is 1.50 bits per heavy atom. The maximum absolute atomic E-state index is 13.4. The summed E-state index contributed by atoms with van der Waals surface area (Å²) in [7, 11) is 0. The van der Waals surface area contributed by atoms with Crippen LogP contribution in [0.4, 0.5) is 10.1 Å². The Bertz CT molecular complexity index is 507. The van der Waals surface area contributed by atoms with Gasteiger partial charge in [0.1, 0.15) is 6.10 Å². The summed E-state index contributed by atoms with van der Waals surface area (Å²) in [6.07, 6.45) is -3.95. The van der Waals surface area contributed by atoms with Gasteiger partial charge in [0.15, 0.2) is 0 Å². The minimum atomic E-state index is -1.77. The van der Waals surface area contributed by atoms with Gasteiger partial charge in [-0.3, -0.25) is 14.9 Å². The minimum absolute atomic E-state index is 0.0990. The predicted octanol–water partition coefficient (Wildman–Crippen LogP) is 1.08. The molecule has 110 valence electrons. The first-order chi connectivity index (χ1) is 9.38. The van der Waals surface area contributed by atoms with Gasteiger partial charge in [-0.2, -0.15) is 4.39 Å². The second-order valence-electron chi connectivity index (χ2n) is 3.96. The lowest BCUT2D eigenvalue weighted by atomic mass is 10.00. The number of benzene rings is 1. The number of rotatable bonds is 6. The summed E-state index contributed by atoms with van der Waals surface area (Å²) >= 11 is 0. The molecule has 0 fully saturated rings. The van der Waals surface area contributed by atoms with Gasteiger partial charge in [-0.1, -0.05) is 6.07 Å². The van der Waals surface area contributed by atoms with Crippen molar-refractivity contribution in [3.05, 3.63) is 39.7 Å². The van der Waals surface area contributed by atoms with Crippen molar-refractivity contribution in [1.29, 1.82) is 0 Å². The average Bonchev–Trinajstić information content (AvgIpc) is 2.37. The molecular weight excluding hydrogens is 273 g/mol. The molecule has 2 N–H and O–H groups in total. The van der Waals surface area contributed by atoms with E-state index in [1.807, 2.05) is 0 Å². The van der Waals surface area contributed by atoms with Crippen molar-refractivity contribution in [2.75, 3.05) is 6.61 Å². The van der Waals surface area contributed by atoms with E-state index < -0.39 is 46.6 Å². The second-order valence-corrected chi connectivity index (χ2v) is 3.96. The summed E-state index contributed by atoms with van der Waals surface area (Å²) in [6.45, 7) is 1.67. The Labute approximate surface area is 113 Å². The molecule has 0 aliphatic carbocycles. The van der Waals surface area contributed by atoms with Crippen molar-refractivity contribution in [1.82, 2.24) is 0 Å². The Morgan fingerprint density at radius 3 is 2.70 bits per heavy atom. The Morgan fingerprint density at radius 2 is 2.15 bits per heavy atom. The van der Waals surface area contributed by atoms with E-state index in [0.717, 1.165) is 18.2 Å². The van der Waals surface area contributed by atoms with Crippen molar-refractivity contribution >= 4 is 11.7 Å². The quantitative estimate of drug-likeness (QED) is 0.460. The molecule has 2 unspecified atom stereocenters. The molecule has 1 aromatic carbocycles. The fourth-order valence-corrected chi connectivity index (χ4v) is 1.67. The van der Waals surface area contributed by atoms with Crippen molar-refractivity contribution < 1.29 is 29.1 Å². The highest BCUT2D eigenvalue weighted by molar-refractivity contribution is 5.70. The van der Waals surface area contributed by atoms with Gasteiger partial charge in [0.05, 0.1) is 29.6 Å². The van der Waals surface area contributed by atoms with E-state index in [2.05, 4.69) is 4.74 Å². The number of ether oxygens (including phenoxy) is 1. The fourth-order valence-electron chi connectivity index (χ4n) is 1.67. The molecule has 20 heavy (non-hydrogen) atoms. The van der Waals surface area contributed by atoms with E-state index in [-0.39, 0.29) is 6.61 Å². The van der Waals surface area contributed by atoms with E-state index in [0.29, 0.717) is 0 Å². The van der Waals surface area contributed by atoms with Crippen LogP contribution < -0.4 is 0 Å². The smallest absolute Gasteiger partial charge is 0.310 e. The molecule has 0 aromatic heterocycles. The zero-order valence-electron chi connectivity index (χ0n) is 10.7. The van der Waals surface area contributed by atoms with Gasteiger partial charge in [0, 0.05) is 0 Å². The Balaban J connectivity index is 2.97. The van der Waals surface area contributed by atoms with Gasteiger partial charge in [0.25, 0.3) is 0 Å². The number of halogens is 1. The number of hydrogen-bond acceptors (Lipinski definition) is 6. The van der Waals surface area contributed by atoms with E-state index >= 15 is 0 Å². The van der Waals surface area contributed by atoms with Crippen molar-refractivity contribution in [2.45, 2.75) is 25.6 Å². The molecule has 0 radical (unpaired) electrons. The molecule has 8 heteroatoms. The van der Waals surface area contributed by atoms with Gasteiger partial charge in [-0.15, -0.1) is 0 Å². The summed E-state index contributed by atoms with van der Waals surface area (Å²) in [5, 5.41) is 30.3. The highest BCUT2D eigenvalue weighted by atomic mass is 19.1. The summed E-state index contributed by atoms with van der Waals surface area (Å²) in [6, 6.07) is 3.14. The first-order valence-electron chi connectivity index (χ1n) is 5.83. The zero-order chi connectivity index (χ0) is 15.3. The third-order valence-electron chi connectivity index (χ3n) is 2.56. The van der Waals surface area contributed by atoms with Crippen LogP contribution in [0.3, 0.4) is 0 Å². The van der Waals surface area contributed by atoms with Gasteiger partial charge in [-0.25, -0.2) is 0 Å². The number of carbonyl (C=O) groups is 1. The second kappa shape index (κ2) is 6.92. The summed E-state index contributed by atoms with van der Waals surface area (Å²) in [5.74, 6) is -1.90. The average molecular weight is 287 g/mol. The van der Waals surface area contributed by atoms with E-state index in [4.69, 9.17) is 0 Å². The molecule has 2 atom stereocenters. The van der Waals surface area contributed by atoms with Crippen LogP contribution in [-0.4, -0.2) is 33.8 Å². The summed E-state index contributed by atoms with van der Waals surface area (Å²) in [5.41, 5.74) is -1.32. The number of nitrogens with zero attached hydrogens (tertiary/aromatic N) is 1. The largest absolute Gasteiger partial charge is 0.466 e. The number of aliphatic hydroxyl groups is 2. The molecule has 0 aliphatic heterocycles. The lowest BCUT2D eigenvalue weighted by molar-refractivity contribution is -0.389. The molecule has 0 aliphatic rings. The molecule has 0 saturated carbocycles. The van der Waals surface area contributed by atoms with Crippen molar-refractivity contribution in [3.8, 4) is 0 Å². The highest BCUT2D eigenvalue weighted by Gasteiger charge is 2.30. The van der Waals surface area contributed by atoms with E-state index in [1.165, 1.54) is 0 Å². The molecule has 0 amide bonds. The summed E-state index contributed by atoms with van der Waals surface area (Å²) < 4.78 is 18.0. The van der Waals surface area contributed by atoms with E-state index in [1.54, 1.807) is 6.92 Å². The Kier molecular flexibility index (Phi) is 5.53. The molecule has 0 saturated heterocycles. The van der Waals surface area contributed by atoms with Crippen LogP contribution in [0.2, 0.25) is 0 Å². The number of nitro benzene ring substituents is 1. The fraction of sp³-hybridized carbons (Fsp3) is 0.417. The normalized spacial score (nSPS) is 13.6. The number of nitro groups is 1. The van der Waals surface area contributed by atoms with Crippen LogP contribution in [0.5, 0.6) is 0 Å². The minimum Gasteiger partial charge on any atom is -0.466 e. The SMILES string of the molecule is CCOC(=O)CC(O)C(O)c1cccc(F)c1[N+](=O)[O-]. The number of para-hydroxylation sites is 1. The van der Waals surface area contributed by atoms with Crippen LogP contribution in [0.15, 0.2) is 18.2 Å². The maximum Gasteiger partial charge on any atom is 0.310 e. The maximum atomic E-state index is 13.4. The topological polar surface area (TPSA) is 110 Å². The molecule has 0 spiro atoms. The van der Waals surface area contributed by atoms with Crippen LogP contribution >= 0.6 is 0 Å². The summed E-state index contributed by atoms with van der Waals surface area (Å²) in [4.78, 5) is 21.0. The van der Waals surface area contributed by atoms with Gasteiger partial charge >= 0.3 is 11.7 Å². The van der Waals surface area contributed by atoms with Crippen LogP contribution in [0.25, 0.3) is 0 Å². The van der Waals surface area contributed by atoms with Crippen LogP contribution in [0, 0.1) is 15.9 Å². The number of esters is 1. The third-order valence-corrected chi connectivity index (χ3v) is 2.56. The predicted molar refractivity (Wildman–Crippen MR) is 65.3 cm³/mol. The van der Waals surface area contributed by atoms with Crippen LogP contribution in [-0.2, 0) is 9.53 Å². The number of aliphatic hydroxyl groups excluding tert-OH is 2. The highest BCUT2D eigenvalue weighted by Crippen LogP contribution is 2.30. The third kappa shape index (κ3) is 3.72. The Hall–Kier alpha value is -2.06. The van der Waals surface area contributed by atoms with Gasteiger partial charge in [0.2, 0.25) is 5.82 Å². The van der Waals surface area contributed by atoms with Gasteiger partial charge < -0.3 is 14.9 Å². The zero-order valence-corrected chi connectivity index (χ0v) is 10.7. The molecule has 7 nitrogen and oxygen atoms in total. The molecular formula is C12H14FNO6. The lowest BCUT2D eigenvalue weighted by Crippen LogP contribution is -2.24. The lowest BCUT2D eigenvalue weighted by Gasteiger charge is -2.17. The molecule has 0 bridgehead atoms. The molecule has 1 rings (SSSR count). The van der Waals surface area contributed by atoms with Gasteiger partial charge in [-0.05, 0) is 19.1 Å². The van der Waals surface area contributed by atoms with E-state index in [9.17, 15) is 29.5 Å². The number of hydrogen-bond donors (Lipinski definition) is 2. The van der Waals surface area contributed by atoms with Crippen molar-refractivity contribution in [2.24, 2.45) is 0 Å². The number of carbonyl (C=O) groups excluding carboxylic acids is 1. The standard InChI is InChI=1S/C12H14FNO6/c1-2-20-10(16)6-9(15)12(17)7-4-3-5-8(13)11(7)14(18)19/h3-5,9,12,15,17H,2,6H2,1H3.